The number of methoxy groups -OCH3 is 2. The van der Waals surface area contributed by atoms with Crippen molar-refractivity contribution in [3.05, 3.63) is 29.3 Å². The van der Waals surface area contributed by atoms with E-state index < -0.39 is 0 Å². The predicted octanol–water partition coefficient (Wildman–Crippen LogP) is 2.08. The van der Waals surface area contributed by atoms with E-state index in [2.05, 4.69) is 11.4 Å². The third kappa shape index (κ3) is 4.74. The molecule has 0 spiro atoms. The average molecular weight is 248 g/mol. The summed E-state index contributed by atoms with van der Waals surface area (Å²) in [6.45, 7) is 2.53. The largest absolute Gasteiger partial charge is 0.495 e. The van der Waals surface area contributed by atoms with Crippen molar-refractivity contribution in [3.8, 4) is 11.8 Å². The van der Waals surface area contributed by atoms with Gasteiger partial charge in [0.15, 0.2) is 0 Å². The van der Waals surface area contributed by atoms with Crippen LogP contribution in [0.3, 0.4) is 0 Å². The van der Waals surface area contributed by atoms with E-state index in [4.69, 9.17) is 14.7 Å². The average Bonchev–Trinajstić information content (AvgIpc) is 2.42. The Balaban J connectivity index is 2.37. The summed E-state index contributed by atoms with van der Waals surface area (Å²) in [5, 5.41) is 12.3. The maximum Gasteiger partial charge on any atom is 0.136 e. The fourth-order valence-corrected chi connectivity index (χ4v) is 1.68. The highest BCUT2D eigenvalue weighted by molar-refractivity contribution is 5.45. The number of hydrogen-bond acceptors (Lipinski definition) is 4. The van der Waals surface area contributed by atoms with Gasteiger partial charge >= 0.3 is 0 Å². The van der Waals surface area contributed by atoms with E-state index in [1.165, 1.54) is 0 Å². The minimum atomic E-state index is 0.580. The zero-order valence-electron chi connectivity index (χ0n) is 11.0. The van der Waals surface area contributed by atoms with Gasteiger partial charge in [-0.1, -0.05) is 6.07 Å². The van der Waals surface area contributed by atoms with Crippen LogP contribution in [0.4, 0.5) is 0 Å². The number of unbranched alkanes of at least 4 members (excludes halogenated alkanes) is 1. The minimum Gasteiger partial charge on any atom is -0.495 e. The van der Waals surface area contributed by atoms with Crippen LogP contribution < -0.4 is 10.1 Å². The summed E-state index contributed by atoms with van der Waals surface area (Å²) >= 11 is 0. The molecule has 4 nitrogen and oxygen atoms in total. The molecule has 0 heterocycles. The van der Waals surface area contributed by atoms with Gasteiger partial charge in [-0.2, -0.15) is 5.26 Å². The summed E-state index contributed by atoms with van der Waals surface area (Å²) in [4.78, 5) is 0. The first-order valence-corrected chi connectivity index (χ1v) is 6.08. The molecule has 1 aromatic carbocycles. The number of ether oxygens (including phenoxy) is 2. The lowest BCUT2D eigenvalue weighted by Crippen LogP contribution is -2.15. The smallest absolute Gasteiger partial charge is 0.136 e. The van der Waals surface area contributed by atoms with Crippen LogP contribution in [0.5, 0.6) is 5.75 Å². The van der Waals surface area contributed by atoms with Gasteiger partial charge in [0.25, 0.3) is 0 Å². The molecule has 0 unspecified atom stereocenters. The van der Waals surface area contributed by atoms with Crippen LogP contribution in [0.15, 0.2) is 18.2 Å². The molecule has 0 bridgehead atoms. The van der Waals surface area contributed by atoms with Crippen molar-refractivity contribution in [2.24, 2.45) is 0 Å². The van der Waals surface area contributed by atoms with Crippen molar-refractivity contribution < 1.29 is 9.47 Å². The summed E-state index contributed by atoms with van der Waals surface area (Å²) in [7, 11) is 3.29. The summed E-state index contributed by atoms with van der Waals surface area (Å²) in [5.74, 6) is 0.626. The van der Waals surface area contributed by atoms with Gasteiger partial charge in [-0.3, -0.25) is 0 Å². The Kier molecular flexibility index (Phi) is 6.85. The van der Waals surface area contributed by atoms with Gasteiger partial charge in [0.05, 0.1) is 12.7 Å². The Morgan fingerprint density at radius 3 is 2.78 bits per heavy atom. The van der Waals surface area contributed by atoms with Crippen LogP contribution in [0, 0.1) is 11.3 Å². The third-order valence-electron chi connectivity index (χ3n) is 2.67. The molecule has 0 saturated carbocycles. The second kappa shape index (κ2) is 8.51. The Bertz CT molecular complexity index is 399. The van der Waals surface area contributed by atoms with Gasteiger partial charge in [-0.25, -0.2) is 0 Å². The maximum absolute atomic E-state index is 8.98. The van der Waals surface area contributed by atoms with Gasteiger partial charge in [0, 0.05) is 20.3 Å². The van der Waals surface area contributed by atoms with E-state index in [1.807, 2.05) is 18.2 Å². The molecule has 0 aliphatic carbocycles. The molecular weight excluding hydrogens is 228 g/mol. The molecule has 1 rings (SSSR count). The van der Waals surface area contributed by atoms with E-state index in [-0.39, 0.29) is 0 Å². The second-order valence-electron chi connectivity index (χ2n) is 4.02. The van der Waals surface area contributed by atoms with Gasteiger partial charge < -0.3 is 14.8 Å². The molecule has 0 amide bonds. The molecule has 0 aliphatic heterocycles. The van der Waals surface area contributed by atoms with Gasteiger partial charge in [-0.15, -0.1) is 0 Å². The zero-order chi connectivity index (χ0) is 13.2. The number of benzene rings is 1. The molecule has 0 saturated heterocycles. The molecule has 0 fully saturated rings. The van der Waals surface area contributed by atoms with Crippen LogP contribution in [-0.4, -0.2) is 27.4 Å². The molecule has 4 heteroatoms. The van der Waals surface area contributed by atoms with E-state index in [1.54, 1.807) is 14.2 Å². The number of nitrogens with zero attached hydrogens (tertiary/aromatic N) is 1. The highest BCUT2D eigenvalue weighted by atomic mass is 16.5. The predicted molar refractivity (Wildman–Crippen MR) is 70.5 cm³/mol. The molecule has 1 N–H and O–H groups in total. The summed E-state index contributed by atoms with van der Waals surface area (Å²) in [5.41, 5.74) is 1.68. The van der Waals surface area contributed by atoms with Crippen LogP contribution in [0.1, 0.15) is 24.0 Å². The molecular formula is C14H20N2O2. The molecule has 0 aromatic heterocycles. The Morgan fingerprint density at radius 2 is 2.11 bits per heavy atom. The van der Waals surface area contributed by atoms with E-state index >= 15 is 0 Å². The van der Waals surface area contributed by atoms with Crippen LogP contribution in [0.2, 0.25) is 0 Å². The molecule has 18 heavy (non-hydrogen) atoms. The molecule has 98 valence electrons. The maximum atomic E-state index is 8.98. The normalized spacial score (nSPS) is 10.1. The third-order valence-corrected chi connectivity index (χ3v) is 2.67. The molecule has 0 atom stereocenters. The van der Waals surface area contributed by atoms with Crippen molar-refractivity contribution in [2.75, 3.05) is 27.4 Å². The first-order valence-electron chi connectivity index (χ1n) is 6.08. The number of nitriles is 1. The fourth-order valence-electron chi connectivity index (χ4n) is 1.68. The fraction of sp³-hybridized carbons (Fsp3) is 0.500. The highest BCUT2D eigenvalue weighted by Gasteiger charge is 2.03. The minimum absolute atomic E-state index is 0.580. The summed E-state index contributed by atoms with van der Waals surface area (Å²) in [6, 6.07) is 7.81. The van der Waals surface area contributed by atoms with Crippen LogP contribution in [0.25, 0.3) is 0 Å². The van der Waals surface area contributed by atoms with Crippen molar-refractivity contribution in [1.29, 1.82) is 5.26 Å². The van der Waals surface area contributed by atoms with Gasteiger partial charge in [0.1, 0.15) is 11.8 Å². The Hall–Kier alpha value is -1.57. The monoisotopic (exact) mass is 248 g/mol. The van der Waals surface area contributed by atoms with E-state index in [0.29, 0.717) is 11.3 Å². The molecule has 0 aliphatic rings. The van der Waals surface area contributed by atoms with Crippen molar-refractivity contribution in [2.45, 2.75) is 19.4 Å². The lowest BCUT2D eigenvalue weighted by atomic mass is 10.1. The number of nitrogens with one attached hydrogen (secondary N) is 1. The van der Waals surface area contributed by atoms with Crippen molar-refractivity contribution in [1.82, 2.24) is 5.32 Å². The zero-order valence-corrected chi connectivity index (χ0v) is 11.0. The molecule has 0 radical (unpaired) electrons. The van der Waals surface area contributed by atoms with Crippen molar-refractivity contribution >= 4 is 0 Å². The van der Waals surface area contributed by atoms with Gasteiger partial charge in [0.2, 0.25) is 0 Å². The second-order valence-corrected chi connectivity index (χ2v) is 4.02. The lowest BCUT2D eigenvalue weighted by Gasteiger charge is -2.07. The summed E-state index contributed by atoms with van der Waals surface area (Å²) < 4.78 is 10.1. The Labute approximate surface area is 109 Å². The highest BCUT2D eigenvalue weighted by Crippen LogP contribution is 2.18. The Morgan fingerprint density at radius 1 is 1.28 bits per heavy atom. The summed E-state index contributed by atoms with van der Waals surface area (Å²) in [6.07, 6.45) is 2.16. The van der Waals surface area contributed by atoms with Crippen molar-refractivity contribution in [3.63, 3.8) is 0 Å². The first kappa shape index (κ1) is 14.5. The number of rotatable bonds is 8. The van der Waals surface area contributed by atoms with E-state index in [0.717, 1.165) is 38.1 Å². The first-order chi connectivity index (χ1) is 8.81. The lowest BCUT2D eigenvalue weighted by molar-refractivity contribution is 0.192. The standard InChI is InChI=1S/C14H20N2O2/c1-17-8-4-3-7-16-11-12-5-6-14(18-2)13(9-12)10-15/h5-6,9,16H,3-4,7-8,11H2,1-2H3. The van der Waals surface area contributed by atoms with Gasteiger partial charge in [-0.05, 0) is 37.1 Å². The van der Waals surface area contributed by atoms with Crippen LogP contribution >= 0.6 is 0 Å². The topological polar surface area (TPSA) is 54.3 Å². The molecule has 1 aromatic rings. The quantitative estimate of drug-likeness (QED) is 0.716. The number of hydrogen-bond donors (Lipinski definition) is 1. The van der Waals surface area contributed by atoms with Crippen LogP contribution in [-0.2, 0) is 11.3 Å². The SMILES string of the molecule is COCCCCNCc1ccc(OC)c(C#N)c1. The van der Waals surface area contributed by atoms with E-state index in [9.17, 15) is 0 Å².